The minimum absolute atomic E-state index is 0.388. The van der Waals surface area contributed by atoms with Crippen molar-refractivity contribution < 1.29 is 4.42 Å². The number of hydrazine groups is 1. The highest BCUT2D eigenvalue weighted by atomic mass is 32.1. The molecule has 0 atom stereocenters. The van der Waals surface area contributed by atoms with Gasteiger partial charge in [0, 0.05) is 16.5 Å². The van der Waals surface area contributed by atoms with Crippen LogP contribution in [0.5, 0.6) is 0 Å². The molecule has 0 unspecified atom stereocenters. The second kappa shape index (κ2) is 6.03. The number of fused-ring (bicyclic) bond motifs is 1. The molecule has 22 heavy (non-hydrogen) atoms. The van der Waals surface area contributed by atoms with Gasteiger partial charge in [0.25, 0.3) is 0 Å². The molecule has 2 aromatic heterocycles. The number of rotatable bonds is 5. The maximum atomic E-state index is 12.1. The molecule has 0 aliphatic rings. The maximum Gasteiger partial charge on any atom is 0.345 e. The van der Waals surface area contributed by atoms with Gasteiger partial charge in [-0.05, 0) is 18.6 Å². The van der Waals surface area contributed by atoms with E-state index in [0.29, 0.717) is 22.0 Å². The van der Waals surface area contributed by atoms with E-state index in [1.54, 1.807) is 12.1 Å². The molecule has 5 nitrogen and oxygen atoms in total. The number of nitrogens with one attached hydrogen (secondary N) is 2. The van der Waals surface area contributed by atoms with E-state index in [1.165, 1.54) is 11.3 Å². The topological polar surface area (TPSA) is 67.2 Å². The first-order valence-corrected chi connectivity index (χ1v) is 7.74. The van der Waals surface area contributed by atoms with Crippen LogP contribution in [0, 0.1) is 0 Å². The zero-order valence-electron chi connectivity index (χ0n) is 12.1. The molecule has 2 N–H and O–H groups in total. The molecule has 2 heterocycles. The van der Waals surface area contributed by atoms with Crippen molar-refractivity contribution >= 4 is 27.4 Å². The summed E-state index contributed by atoms with van der Waals surface area (Å²) in [7, 11) is 0. The summed E-state index contributed by atoms with van der Waals surface area (Å²) < 4.78 is 5.33. The number of benzene rings is 1. The van der Waals surface area contributed by atoms with Crippen molar-refractivity contribution in [2.24, 2.45) is 0 Å². The van der Waals surface area contributed by atoms with Crippen molar-refractivity contribution in [3.05, 3.63) is 58.4 Å². The Labute approximate surface area is 131 Å². The largest absolute Gasteiger partial charge is 0.422 e. The number of allylic oxidation sites excluding steroid dienone is 1. The van der Waals surface area contributed by atoms with Crippen LogP contribution in [0.25, 0.3) is 22.2 Å². The van der Waals surface area contributed by atoms with Crippen molar-refractivity contribution in [2.75, 3.05) is 5.43 Å². The summed E-state index contributed by atoms with van der Waals surface area (Å²) >= 11 is 1.40. The van der Waals surface area contributed by atoms with Gasteiger partial charge in [-0.3, -0.25) is 5.43 Å². The van der Waals surface area contributed by atoms with Gasteiger partial charge in [0.1, 0.15) is 5.58 Å². The molecule has 0 amide bonds. The van der Waals surface area contributed by atoms with Gasteiger partial charge in [-0.15, -0.1) is 11.3 Å². The standard InChI is InChI=1S/C16H15N3O2S/c1-3-10(2)18-19-16-17-13(9-22-16)12-8-11-6-4-5-7-14(11)21-15(12)20/h4-9,18H,2-3H2,1H3,(H,17,19). The Bertz CT molecular complexity index is 882. The van der Waals surface area contributed by atoms with Gasteiger partial charge in [-0.2, -0.15) is 0 Å². The molecule has 0 aliphatic carbocycles. The normalized spacial score (nSPS) is 10.6. The molecule has 3 aromatic rings. The zero-order chi connectivity index (χ0) is 15.5. The van der Waals surface area contributed by atoms with Gasteiger partial charge >= 0.3 is 5.63 Å². The molecule has 0 spiro atoms. The minimum atomic E-state index is -0.388. The van der Waals surface area contributed by atoms with Gasteiger partial charge in [0.15, 0.2) is 0 Å². The van der Waals surface area contributed by atoms with Crippen LogP contribution in [-0.2, 0) is 0 Å². The molecular weight excluding hydrogens is 298 g/mol. The van der Waals surface area contributed by atoms with Crippen LogP contribution in [0.2, 0.25) is 0 Å². The van der Waals surface area contributed by atoms with Crippen LogP contribution in [0.4, 0.5) is 5.13 Å². The van der Waals surface area contributed by atoms with Crippen LogP contribution in [0.15, 0.2) is 57.2 Å². The Morgan fingerprint density at radius 2 is 2.23 bits per heavy atom. The van der Waals surface area contributed by atoms with Gasteiger partial charge in [-0.1, -0.05) is 31.7 Å². The fraction of sp³-hybridized carbons (Fsp3) is 0.125. The first-order valence-electron chi connectivity index (χ1n) is 6.86. The quantitative estimate of drug-likeness (QED) is 0.554. The SMILES string of the molecule is C=C(CC)NNc1nc(-c2cc3ccccc3oc2=O)cs1. The highest BCUT2D eigenvalue weighted by molar-refractivity contribution is 7.14. The highest BCUT2D eigenvalue weighted by Gasteiger charge is 2.11. The number of thiazole rings is 1. The van der Waals surface area contributed by atoms with Crippen LogP contribution >= 0.6 is 11.3 Å². The van der Waals surface area contributed by atoms with E-state index in [9.17, 15) is 4.79 Å². The van der Waals surface area contributed by atoms with Gasteiger partial charge in [0.2, 0.25) is 5.13 Å². The van der Waals surface area contributed by atoms with Crippen LogP contribution in [0.1, 0.15) is 13.3 Å². The minimum Gasteiger partial charge on any atom is -0.422 e. The van der Waals surface area contributed by atoms with Gasteiger partial charge in [0.05, 0.1) is 11.3 Å². The maximum absolute atomic E-state index is 12.1. The highest BCUT2D eigenvalue weighted by Crippen LogP contribution is 2.24. The lowest BCUT2D eigenvalue weighted by molar-refractivity contribution is 0.563. The van der Waals surface area contributed by atoms with Crippen molar-refractivity contribution in [3.8, 4) is 11.3 Å². The Balaban J connectivity index is 1.91. The zero-order valence-corrected chi connectivity index (χ0v) is 12.9. The molecule has 112 valence electrons. The van der Waals surface area contributed by atoms with Crippen molar-refractivity contribution in [1.82, 2.24) is 10.4 Å². The number of hydrogen-bond donors (Lipinski definition) is 2. The smallest absolute Gasteiger partial charge is 0.345 e. The molecule has 1 aromatic carbocycles. The monoisotopic (exact) mass is 313 g/mol. The number of hydrogen-bond acceptors (Lipinski definition) is 6. The summed E-state index contributed by atoms with van der Waals surface area (Å²) in [4.78, 5) is 16.5. The third-order valence-electron chi connectivity index (χ3n) is 3.19. The molecule has 0 saturated carbocycles. The summed E-state index contributed by atoms with van der Waals surface area (Å²) in [6.45, 7) is 5.84. The number of aromatic nitrogens is 1. The third-order valence-corrected chi connectivity index (χ3v) is 3.95. The molecule has 0 bridgehead atoms. The summed E-state index contributed by atoms with van der Waals surface area (Å²) in [5.41, 5.74) is 8.03. The molecule has 0 aliphatic heterocycles. The first-order chi connectivity index (χ1) is 10.7. The Morgan fingerprint density at radius 3 is 3.05 bits per heavy atom. The molecule has 6 heteroatoms. The lowest BCUT2D eigenvalue weighted by atomic mass is 10.1. The molecule has 3 rings (SSSR count). The molecule has 0 saturated heterocycles. The summed E-state index contributed by atoms with van der Waals surface area (Å²) in [5, 5.41) is 3.36. The fourth-order valence-electron chi connectivity index (χ4n) is 1.93. The van der Waals surface area contributed by atoms with E-state index in [-0.39, 0.29) is 5.63 Å². The second-order valence-corrected chi connectivity index (χ2v) is 5.59. The van der Waals surface area contributed by atoms with Crippen LogP contribution < -0.4 is 16.5 Å². The summed E-state index contributed by atoms with van der Waals surface area (Å²) in [6.07, 6.45) is 0.819. The molecule has 0 fully saturated rings. The lowest BCUT2D eigenvalue weighted by Gasteiger charge is -2.06. The molecular formula is C16H15N3O2S. The van der Waals surface area contributed by atoms with Crippen molar-refractivity contribution in [2.45, 2.75) is 13.3 Å². The van der Waals surface area contributed by atoms with E-state index in [0.717, 1.165) is 17.5 Å². The average Bonchev–Trinajstić information content (AvgIpc) is 3.00. The van der Waals surface area contributed by atoms with Gasteiger partial charge in [-0.25, -0.2) is 9.78 Å². The Hall–Kier alpha value is -2.60. The van der Waals surface area contributed by atoms with E-state index < -0.39 is 0 Å². The number of nitrogens with zero attached hydrogens (tertiary/aromatic N) is 1. The average molecular weight is 313 g/mol. The van der Waals surface area contributed by atoms with Gasteiger partial charge < -0.3 is 9.84 Å². The number of anilines is 1. The first kappa shape index (κ1) is 14.3. The number of para-hydroxylation sites is 1. The molecule has 0 radical (unpaired) electrons. The van der Waals surface area contributed by atoms with Crippen molar-refractivity contribution in [1.29, 1.82) is 0 Å². The fourth-order valence-corrected chi connectivity index (χ4v) is 2.59. The lowest BCUT2D eigenvalue weighted by Crippen LogP contribution is -2.19. The Morgan fingerprint density at radius 1 is 1.41 bits per heavy atom. The second-order valence-electron chi connectivity index (χ2n) is 4.73. The van der Waals surface area contributed by atoms with E-state index >= 15 is 0 Å². The van der Waals surface area contributed by atoms with E-state index in [2.05, 4.69) is 22.4 Å². The summed E-state index contributed by atoms with van der Waals surface area (Å²) in [6, 6.07) is 9.22. The third kappa shape index (κ3) is 2.87. The predicted molar refractivity (Wildman–Crippen MR) is 89.8 cm³/mol. The van der Waals surface area contributed by atoms with E-state index in [4.69, 9.17) is 4.42 Å². The Kier molecular flexibility index (Phi) is 3.93. The summed E-state index contributed by atoms with van der Waals surface area (Å²) in [5.74, 6) is 0. The van der Waals surface area contributed by atoms with Crippen molar-refractivity contribution in [3.63, 3.8) is 0 Å². The van der Waals surface area contributed by atoms with Crippen LogP contribution in [-0.4, -0.2) is 4.98 Å². The van der Waals surface area contributed by atoms with E-state index in [1.807, 2.05) is 30.5 Å². The predicted octanol–water partition coefficient (Wildman–Crippen LogP) is 3.76. The van der Waals surface area contributed by atoms with Crippen LogP contribution in [0.3, 0.4) is 0 Å².